The number of hydrogen-bond acceptors (Lipinski definition) is 4. The van der Waals surface area contributed by atoms with Gasteiger partial charge in [-0.2, -0.15) is 0 Å². The third-order valence-corrected chi connectivity index (χ3v) is 7.57. The van der Waals surface area contributed by atoms with Crippen LogP contribution >= 0.6 is 45.2 Å². The molecule has 2 fully saturated rings. The van der Waals surface area contributed by atoms with Gasteiger partial charge in [-0.3, -0.25) is 9.59 Å². The molecule has 2 saturated carbocycles. The standard InChI is InChI=1S/2C10H17IO2/c2*1-2-13-10(12)7-8-3-5-9(11)6-4-8/h2*8-9H,2-7H2,1H3. The molecule has 6 heteroatoms. The maximum atomic E-state index is 11.2. The fourth-order valence-electron chi connectivity index (χ4n) is 3.56. The highest BCUT2D eigenvalue weighted by Crippen LogP contribution is 2.31. The Morgan fingerprint density at radius 3 is 1.27 bits per heavy atom. The number of alkyl halides is 2. The van der Waals surface area contributed by atoms with Crippen molar-refractivity contribution in [2.45, 2.75) is 85.9 Å². The number of ether oxygens (including phenoxy) is 2. The Kier molecular flexibility index (Phi) is 13.5. The molecule has 0 aliphatic heterocycles. The number of esters is 2. The van der Waals surface area contributed by atoms with Crippen LogP contribution in [0.15, 0.2) is 0 Å². The van der Waals surface area contributed by atoms with Gasteiger partial charge < -0.3 is 9.47 Å². The van der Waals surface area contributed by atoms with Crippen molar-refractivity contribution in [3.63, 3.8) is 0 Å². The second-order valence-electron chi connectivity index (χ2n) is 7.25. The minimum absolute atomic E-state index is 0.0144. The number of carbonyl (C=O) groups excluding carboxylic acids is 2. The summed E-state index contributed by atoms with van der Waals surface area (Å²) in [5.74, 6) is 1.15. The van der Waals surface area contributed by atoms with E-state index in [1.807, 2.05) is 13.8 Å². The molecule has 0 saturated heterocycles. The van der Waals surface area contributed by atoms with E-state index in [9.17, 15) is 9.59 Å². The molecule has 0 aromatic heterocycles. The summed E-state index contributed by atoms with van der Waals surface area (Å²) in [6.45, 7) is 4.75. The lowest BCUT2D eigenvalue weighted by Gasteiger charge is -2.24. The van der Waals surface area contributed by atoms with Crippen LogP contribution in [-0.2, 0) is 19.1 Å². The molecule has 2 aliphatic rings. The Morgan fingerprint density at radius 2 is 1.00 bits per heavy atom. The summed E-state index contributed by atoms with van der Waals surface area (Å²) in [6, 6.07) is 0. The molecule has 2 aliphatic carbocycles. The molecule has 0 unspecified atom stereocenters. The van der Waals surface area contributed by atoms with Crippen LogP contribution in [0.25, 0.3) is 0 Å². The zero-order chi connectivity index (χ0) is 19.4. The predicted molar refractivity (Wildman–Crippen MR) is 122 cm³/mol. The topological polar surface area (TPSA) is 52.6 Å². The summed E-state index contributed by atoms with van der Waals surface area (Å²) in [7, 11) is 0. The molecule has 4 nitrogen and oxygen atoms in total. The van der Waals surface area contributed by atoms with E-state index in [-0.39, 0.29) is 11.9 Å². The normalized spacial score (nSPS) is 28.5. The van der Waals surface area contributed by atoms with Crippen molar-refractivity contribution in [3.05, 3.63) is 0 Å². The van der Waals surface area contributed by atoms with E-state index in [1.54, 1.807) is 0 Å². The minimum atomic E-state index is -0.0144. The Hall–Kier alpha value is 0.400. The van der Waals surface area contributed by atoms with Crippen molar-refractivity contribution in [1.82, 2.24) is 0 Å². The number of halogens is 2. The summed E-state index contributed by atoms with van der Waals surface area (Å²) in [5, 5.41) is 0. The largest absolute Gasteiger partial charge is 0.466 e. The molecule has 2 rings (SSSR count). The lowest BCUT2D eigenvalue weighted by Crippen LogP contribution is -2.18. The second kappa shape index (κ2) is 14.4. The van der Waals surface area contributed by atoms with Gasteiger partial charge in [-0.05, 0) is 77.0 Å². The summed E-state index contributed by atoms with van der Waals surface area (Å²) < 4.78 is 11.5. The Morgan fingerprint density at radius 1 is 0.692 bits per heavy atom. The van der Waals surface area contributed by atoms with Crippen LogP contribution in [0.3, 0.4) is 0 Å². The van der Waals surface area contributed by atoms with Crippen molar-refractivity contribution < 1.29 is 19.1 Å². The van der Waals surface area contributed by atoms with Gasteiger partial charge in [-0.1, -0.05) is 45.2 Å². The number of rotatable bonds is 6. The van der Waals surface area contributed by atoms with Crippen LogP contribution in [0.4, 0.5) is 0 Å². The highest BCUT2D eigenvalue weighted by molar-refractivity contribution is 14.1. The van der Waals surface area contributed by atoms with Crippen molar-refractivity contribution >= 4 is 57.1 Å². The molecule has 0 amide bonds. The van der Waals surface area contributed by atoms with E-state index in [2.05, 4.69) is 45.2 Å². The van der Waals surface area contributed by atoms with Crippen LogP contribution in [0.2, 0.25) is 0 Å². The molecule has 0 bridgehead atoms. The van der Waals surface area contributed by atoms with Crippen LogP contribution in [0.1, 0.15) is 78.1 Å². The van der Waals surface area contributed by atoms with Crippen LogP contribution in [-0.4, -0.2) is 33.0 Å². The summed E-state index contributed by atoms with van der Waals surface area (Å²) in [4.78, 5) is 22.3. The fourth-order valence-corrected chi connectivity index (χ4v) is 5.00. The summed E-state index contributed by atoms with van der Waals surface area (Å²) in [6.07, 6.45) is 11.1. The monoisotopic (exact) mass is 592 g/mol. The van der Waals surface area contributed by atoms with Crippen molar-refractivity contribution in [3.8, 4) is 0 Å². The Balaban J connectivity index is 0.000000260. The quantitative estimate of drug-likeness (QED) is 0.220. The van der Waals surface area contributed by atoms with Gasteiger partial charge in [-0.15, -0.1) is 0 Å². The third-order valence-electron chi connectivity index (χ3n) is 5.07. The van der Waals surface area contributed by atoms with Gasteiger partial charge in [-0.25, -0.2) is 0 Å². The Bertz CT molecular complexity index is 363. The van der Waals surface area contributed by atoms with E-state index in [1.165, 1.54) is 51.4 Å². The smallest absolute Gasteiger partial charge is 0.306 e. The first-order valence-electron chi connectivity index (χ1n) is 10.0. The third kappa shape index (κ3) is 11.3. The van der Waals surface area contributed by atoms with Gasteiger partial charge in [0, 0.05) is 20.7 Å². The van der Waals surface area contributed by atoms with Gasteiger partial charge >= 0.3 is 11.9 Å². The number of hydrogen-bond donors (Lipinski definition) is 0. The summed E-state index contributed by atoms with van der Waals surface area (Å²) >= 11 is 5.00. The van der Waals surface area contributed by atoms with E-state index >= 15 is 0 Å². The first kappa shape index (κ1) is 24.4. The average Bonchev–Trinajstić information content (AvgIpc) is 2.60. The van der Waals surface area contributed by atoms with Crippen LogP contribution < -0.4 is 0 Å². The number of carbonyl (C=O) groups is 2. The fraction of sp³-hybridized carbons (Fsp3) is 0.900. The van der Waals surface area contributed by atoms with Gasteiger partial charge in [0.25, 0.3) is 0 Å². The Labute approximate surface area is 186 Å². The SMILES string of the molecule is CCOC(=O)CC1CCC(I)CC1.CCOC(=O)CC1CCC(I)CC1. The lowest BCUT2D eigenvalue weighted by molar-refractivity contribution is -0.145. The van der Waals surface area contributed by atoms with Crippen LogP contribution in [0.5, 0.6) is 0 Å². The molecule has 0 spiro atoms. The van der Waals surface area contributed by atoms with Gasteiger partial charge in [0.05, 0.1) is 13.2 Å². The van der Waals surface area contributed by atoms with E-state index in [0.717, 1.165) is 7.85 Å². The maximum Gasteiger partial charge on any atom is 0.306 e. The van der Waals surface area contributed by atoms with E-state index in [4.69, 9.17) is 9.47 Å². The first-order valence-corrected chi connectivity index (χ1v) is 12.5. The highest BCUT2D eigenvalue weighted by Gasteiger charge is 2.22. The van der Waals surface area contributed by atoms with Crippen molar-refractivity contribution in [2.75, 3.05) is 13.2 Å². The molecule has 0 aromatic carbocycles. The van der Waals surface area contributed by atoms with Gasteiger partial charge in [0.1, 0.15) is 0 Å². The van der Waals surface area contributed by atoms with Gasteiger partial charge in [0.2, 0.25) is 0 Å². The van der Waals surface area contributed by atoms with Crippen LogP contribution in [0, 0.1) is 11.8 Å². The first-order chi connectivity index (χ1) is 12.4. The minimum Gasteiger partial charge on any atom is -0.466 e. The van der Waals surface area contributed by atoms with E-state index < -0.39 is 0 Å². The average molecular weight is 592 g/mol. The summed E-state index contributed by atoms with van der Waals surface area (Å²) in [5.41, 5.74) is 0. The zero-order valence-corrected chi connectivity index (χ0v) is 20.5. The molecule has 0 radical (unpaired) electrons. The lowest BCUT2D eigenvalue weighted by atomic mass is 9.87. The highest BCUT2D eigenvalue weighted by atomic mass is 127. The molecular formula is C20H34I2O4. The molecule has 26 heavy (non-hydrogen) atoms. The van der Waals surface area contributed by atoms with Gasteiger partial charge in [0.15, 0.2) is 0 Å². The molecule has 0 N–H and O–H groups in total. The second-order valence-corrected chi connectivity index (χ2v) is 10.8. The zero-order valence-electron chi connectivity index (χ0n) is 16.2. The van der Waals surface area contributed by atoms with Crippen molar-refractivity contribution in [2.24, 2.45) is 11.8 Å². The maximum absolute atomic E-state index is 11.2. The molecule has 0 aromatic rings. The van der Waals surface area contributed by atoms with Crippen molar-refractivity contribution in [1.29, 1.82) is 0 Å². The molecule has 152 valence electrons. The molecule has 0 atom stereocenters. The molecular weight excluding hydrogens is 558 g/mol. The molecule has 0 heterocycles. The predicted octanol–water partition coefficient (Wildman–Crippen LogP) is 5.87. The van der Waals surface area contributed by atoms with E-state index in [0.29, 0.717) is 37.9 Å².